The maximum Gasteiger partial charge on any atom is 0.234 e. The fourth-order valence-electron chi connectivity index (χ4n) is 3.09. The number of para-hydroxylation sites is 1. The SMILES string of the molecule is CCn1c(SCC(=O)Nc2ccccc2C(C)C)nnc1-c1cccc(OC)c1. The predicted octanol–water partition coefficient (Wildman–Crippen LogP) is 4.83. The van der Waals surface area contributed by atoms with Crippen molar-refractivity contribution in [3.05, 3.63) is 54.1 Å². The number of methoxy groups -OCH3 is 1. The molecule has 0 fully saturated rings. The molecule has 1 aromatic heterocycles. The molecule has 0 saturated heterocycles. The van der Waals surface area contributed by atoms with Gasteiger partial charge in [0.05, 0.1) is 12.9 Å². The zero-order chi connectivity index (χ0) is 20.8. The third kappa shape index (κ3) is 4.98. The van der Waals surface area contributed by atoms with Crippen LogP contribution in [0.2, 0.25) is 0 Å². The van der Waals surface area contributed by atoms with Crippen LogP contribution in [0.1, 0.15) is 32.3 Å². The van der Waals surface area contributed by atoms with E-state index in [1.165, 1.54) is 11.8 Å². The molecule has 1 amide bonds. The van der Waals surface area contributed by atoms with Gasteiger partial charge in [-0.05, 0) is 36.6 Å². The monoisotopic (exact) mass is 410 g/mol. The van der Waals surface area contributed by atoms with Crippen LogP contribution in [0.5, 0.6) is 5.75 Å². The lowest BCUT2D eigenvalue weighted by molar-refractivity contribution is -0.113. The number of aromatic nitrogens is 3. The molecule has 1 heterocycles. The molecular formula is C22H26N4O2S. The van der Waals surface area contributed by atoms with Gasteiger partial charge in [0.25, 0.3) is 0 Å². The van der Waals surface area contributed by atoms with Crippen LogP contribution in [0.3, 0.4) is 0 Å². The van der Waals surface area contributed by atoms with E-state index in [2.05, 4.69) is 29.4 Å². The number of anilines is 1. The first-order valence-corrected chi connectivity index (χ1v) is 10.6. The van der Waals surface area contributed by atoms with Crippen LogP contribution < -0.4 is 10.1 Å². The average Bonchev–Trinajstić information content (AvgIpc) is 3.15. The first-order chi connectivity index (χ1) is 14.0. The van der Waals surface area contributed by atoms with Crippen molar-refractivity contribution in [3.8, 4) is 17.1 Å². The molecule has 0 aliphatic rings. The summed E-state index contributed by atoms with van der Waals surface area (Å²) in [5.41, 5.74) is 2.92. The summed E-state index contributed by atoms with van der Waals surface area (Å²) in [5, 5.41) is 12.4. The highest BCUT2D eigenvalue weighted by atomic mass is 32.2. The number of carbonyl (C=O) groups excluding carboxylic acids is 1. The second-order valence-corrected chi connectivity index (χ2v) is 7.80. The van der Waals surface area contributed by atoms with E-state index < -0.39 is 0 Å². The van der Waals surface area contributed by atoms with Gasteiger partial charge in [-0.25, -0.2) is 0 Å². The molecule has 0 aliphatic heterocycles. The highest BCUT2D eigenvalue weighted by molar-refractivity contribution is 7.99. The summed E-state index contributed by atoms with van der Waals surface area (Å²) >= 11 is 1.38. The van der Waals surface area contributed by atoms with Gasteiger partial charge in [-0.3, -0.25) is 4.79 Å². The zero-order valence-corrected chi connectivity index (χ0v) is 18.0. The maximum absolute atomic E-state index is 12.5. The van der Waals surface area contributed by atoms with Crippen LogP contribution in [0, 0.1) is 0 Å². The lowest BCUT2D eigenvalue weighted by Crippen LogP contribution is -2.16. The minimum atomic E-state index is -0.0586. The number of hydrogen-bond acceptors (Lipinski definition) is 5. The smallest absolute Gasteiger partial charge is 0.234 e. The molecule has 0 spiro atoms. The van der Waals surface area contributed by atoms with Crippen molar-refractivity contribution in [2.24, 2.45) is 0 Å². The lowest BCUT2D eigenvalue weighted by Gasteiger charge is -2.13. The number of nitrogens with zero attached hydrogens (tertiary/aromatic N) is 3. The van der Waals surface area contributed by atoms with E-state index in [1.54, 1.807) is 7.11 Å². The largest absolute Gasteiger partial charge is 0.497 e. The van der Waals surface area contributed by atoms with Crippen molar-refractivity contribution < 1.29 is 9.53 Å². The van der Waals surface area contributed by atoms with Crippen LogP contribution >= 0.6 is 11.8 Å². The Balaban J connectivity index is 1.71. The fraction of sp³-hybridized carbons (Fsp3) is 0.318. The molecule has 3 aromatic rings. The molecule has 29 heavy (non-hydrogen) atoms. The maximum atomic E-state index is 12.5. The van der Waals surface area contributed by atoms with Crippen LogP contribution in [-0.2, 0) is 11.3 Å². The zero-order valence-electron chi connectivity index (χ0n) is 17.2. The van der Waals surface area contributed by atoms with Crippen molar-refractivity contribution in [3.63, 3.8) is 0 Å². The molecule has 0 atom stereocenters. The van der Waals surface area contributed by atoms with E-state index in [0.717, 1.165) is 33.5 Å². The first kappa shape index (κ1) is 20.9. The van der Waals surface area contributed by atoms with E-state index in [9.17, 15) is 4.79 Å². The van der Waals surface area contributed by atoms with Crippen molar-refractivity contribution >= 4 is 23.4 Å². The number of nitrogens with one attached hydrogen (secondary N) is 1. The normalized spacial score (nSPS) is 10.9. The molecule has 0 unspecified atom stereocenters. The summed E-state index contributed by atoms with van der Waals surface area (Å²) in [5.74, 6) is 2.08. The van der Waals surface area contributed by atoms with E-state index in [-0.39, 0.29) is 11.7 Å². The van der Waals surface area contributed by atoms with Crippen molar-refractivity contribution in [1.29, 1.82) is 0 Å². The number of carbonyl (C=O) groups is 1. The van der Waals surface area contributed by atoms with Crippen molar-refractivity contribution in [2.45, 2.75) is 38.4 Å². The van der Waals surface area contributed by atoms with Gasteiger partial charge in [-0.15, -0.1) is 10.2 Å². The number of amides is 1. The Morgan fingerprint density at radius 3 is 2.69 bits per heavy atom. The van der Waals surface area contributed by atoms with Gasteiger partial charge in [0.2, 0.25) is 5.91 Å². The Bertz CT molecular complexity index is 984. The Morgan fingerprint density at radius 2 is 1.97 bits per heavy atom. The Kier molecular flexibility index (Phi) is 6.93. The van der Waals surface area contributed by atoms with Gasteiger partial charge < -0.3 is 14.6 Å². The molecule has 3 rings (SSSR count). The van der Waals surface area contributed by atoms with E-state index in [0.29, 0.717) is 12.5 Å². The van der Waals surface area contributed by atoms with Crippen LogP contribution in [-0.4, -0.2) is 33.5 Å². The molecule has 2 aromatic carbocycles. The molecule has 0 bridgehead atoms. The number of hydrogen-bond donors (Lipinski definition) is 1. The summed E-state index contributed by atoms with van der Waals surface area (Å²) in [6, 6.07) is 15.6. The number of rotatable bonds is 8. The van der Waals surface area contributed by atoms with Crippen LogP contribution in [0.15, 0.2) is 53.7 Å². The fourth-order valence-corrected chi connectivity index (χ4v) is 3.89. The Morgan fingerprint density at radius 1 is 1.17 bits per heavy atom. The van der Waals surface area contributed by atoms with Crippen molar-refractivity contribution in [1.82, 2.24) is 14.8 Å². The van der Waals surface area contributed by atoms with Crippen LogP contribution in [0.25, 0.3) is 11.4 Å². The Labute approximate surface area is 175 Å². The second kappa shape index (κ2) is 9.60. The van der Waals surface area contributed by atoms with Gasteiger partial charge in [0, 0.05) is 17.8 Å². The highest BCUT2D eigenvalue weighted by Crippen LogP contribution is 2.27. The summed E-state index contributed by atoms with van der Waals surface area (Å²) in [7, 11) is 1.64. The quantitative estimate of drug-likeness (QED) is 0.539. The lowest BCUT2D eigenvalue weighted by atomic mass is 10.0. The molecule has 152 valence electrons. The number of ether oxygens (including phenoxy) is 1. The third-order valence-corrected chi connectivity index (χ3v) is 5.52. The minimum absolute atomic E-state index is 0.0586. The highest BCUT2D eigenvalue weighted by Gasteiger charge is 2.16. The van der Waals surface area contributed by atoms with Crippen LogP contribution in [0.4, 0.5) is 5.69 Å². The summed E-state index contributed by atoms with van der Waals surface area (Å²) in [4.78, 5) is 12.5. The second-order valence-electron chi connectivity index (χ2n) is 6.86. The summed E-state index contributed by atoms with van der Waals surface area (Å²) in [6.45, 7) is 6.98. The number of thioether (sulfide) groups is 1. The standard InChI is InChI=1S/C22H26N4O2S/c1-5-26-21(16-9-8-10-17(13-16)28-4)24-25-22(26)29-14-20(27)23-19-12-7-6-11-18(19)15(2)3/h6-13,15H,5,14H2,1-4H3,(H,23,27). The summed E-state index contributed by atoms with van der Waals surface area (Å²) in [6.07, 6.45) is 0. The van der Waals surface area contributed by atoms with Gasteiger partial charge >= 0.3 is 0 Å². The van der Waals surface area contributed by atoms with Crippen molar-refractivity contribution in [2.75, 3.05) is 18.2 Å². The van der Waals surface area contributed by atoms with Gasteiger partial charge in [0.15, 0.2) is 11.0 Å². The number of benzene rings is 2. The van der Waals surface area contributed by atoms with E-state index in [1.807, 2.05) is 60.0 Å². The minimum Gasteiger partial charge on any atom is -0.497 e. The van der Waals surface area contributed by atoms with E-state index >= 15 is 0 Å². The molecular weight excluding hydrogens is 384 g/mol. The van der Waals surface area contributed by atoms with Gasteiger partial charge in [-0.2, -0.15) is 0 Å². The molecule has 0 saturated carbocycles. The molecule has 6 nitrogen and oxygen atoms in total. The summed E-state index contributed by atoms with van der Waals surface area (Å²) < 4.78 is 7.31. The molecule has 7 heteroatoms. The Hall–Kier alpha value is -2.80. The third-order valence-electron chi connectivity index (χ3n) is 4.55. The molecule has 0 radical (unpaired) electrons. The topological polar surface area (TPSA) is 69.0 Å². The molecule has 1 N–H and O–H groups in total. The van der Waals surface area contributed by atoms with Gasteiger partial charge in [-0.1, -0.05) is 55.9 Å². The predicted molar refractivity (Wildman–Crippen MR) is 118 cm³/mol. The van der Waals surface area contributed by atoms with E-state index in [4.69, 9.17) is 4.74 Å². The average molecular weight is 411 g/mol. The molecule has 0 aliphatic carbocycles. The first-order valence-electron chi connectivity index (χ1n) is 9.62. The van der Waals surface area contributed by atoms with Gasteiger partial charge in [0.1, 0.15) is 5.75 Å².